The predicted octanol–water partition coefficient (Wildman–Crippen LogP) is 3.16. The monoisotopic (exact) mass is 547 g/mol. The summed E-state index contributed by atoms with van der Waals surface area (Å²) in [5.74, 6) is 6.17. The van der Waals surface area contributed by atoms with E-state index in [9.17, 15) is 24.9 Å². The molecule has 2 aromatic carbocycles. The Morgan fingerprint density at radius 3 is 2.11 bits per heavy atom. The third kappa shape index (κ3) is 11.2. The van der Waals surface area contributed by atoms with Gasteiger partial charge in [0.1, 0.15) is 5.75 Å². The van der Waals surface area contributed by atoms with Crippen molar-refractivity contribution in [2.24, 2.45) is 11.6 Å². The van der Waals surface area contributed by atoms with Crippen molar-refractivity contribution in [2.45, 2.75) is 75.7 Å². The molecule has 11 heteroatoms. The second-order valence-electron chi connectivity index (χ2n) is 10.7. The zero-order chi connectivity index (χ0) is 28.3. The molecule has 0 bridgehead atoms. The summed E-state index contributed by atoms with van der Waals surface area (Å²) in [5.41, 5.74) is 7.81. The lowest BCUT2D eigenvalue weighted by molar-refractivity contribution is 0.0172. The number of hydrogen-bond acceptors (Lipinski definition) is 9. The number of carbonyl (C=O) groups excluding carboxylic acids is 2. The number of hydrazine groups is 1. The van der Waals surface area contributed by atoms with Crippen molar-refractivity contribution in [1.29, 1.82) is 0 Å². The molecule has 210 valence electrons. The minimum Gasteiger partial charge on any atom is -0.508 e. The third-order valence-corrected chi connectivity index (χ3v) is 7.91. The highest BCUT2D eigenvalue weighted by Gasteiger charge is 2.31. The van der Waals surface area contributed by atoms with E-state index in [2.05, 4.69) is 19.6 Å². The number of aliphatic hydroxyl groups is 2. The third-order valence-electron chi connectivity index (χ3n) is 6.20. The highest BCUT2D eigenvalue weighted by atomic mass is 28.3. The number of nitrogens with zero attached hydrogens (tertiary/aromatic N) is 1. The molecular formula is C27H41N3O7Si. The molecule has 2 rings (SSSR count). The molecule has 7 N–H and O–H groups in total. The van der Waals surface area contributed by atoms with E-state index in [1.54, 1.807) is 24.3 Å². The molecular weight excluding hydrogens is 506 g/mol. The van der Waals surface area contributed by atoms with Crippen molar-refractivity contribution in [3.05, 3.63) is 65.7 Å². The van der Waals surface area contributed by atoms with Crippen LogP contribution in [0.5, 0.6) is 5.75 Å². The normalized spacial score (nSPS) is 14.7. The maximum atomic E-state index is 12.6. The van der Waals surface area contributed by atoms with E-state index >= 15 is 0 Å². The molecule has 0 aliphatic heterocycles. The van der Waals surface area contributed by atoms with E-state index < -0.39 is 44.6 Å². The molecule has 4 unspecified atom stereocenters. The Hall–Kier alpha value is -2.96. The van der Waals surface area contributed by atoms with E-state index in [-0.39, 0.29) is 31.6 Å². The number of phenols is 1. The van der Waals surface area contributed by atoms with Crippen LogP contribution < -0.4 is 11.6 Å². The van der Waals surface area contributed by atoms with Crippen LogP contribution in [0.15, 0.2) is 54.6 Å². The van der Waals surface area contributed by atoms with Gasteiger partial charge >= 0.3 is 12.2 Å². The number of ether oxygens (including phenoxy) is 2. The minimum atomic E-state index is -1.44. The fourth-order valence-electron chi connectivity index (χ4n) is 3.79. The largest absolute Gasteiger partial charge is 0.517 e. The summed E-state index contributed by atoms with van der Waals surface area (Å²) in [6.07, 6.45) is -3.58. The molecule has 0 fully saturated rings. The van der Waals surface area contributed by atoms with E-state index in [1.807, 2.05) is 30.3 Å². The topological polar surface area (TPSA) is 169 Å². The van der Waals surface area contributed by atoms with Gasteiger partial charge in [0.05, 0.1) is 24.9 Å². The summed E-state index contributed by atoms with van der Waals surface area (Å²) in [5, 5.41) is 31.7. The average Bonchev–Trinajstić information content (AvgIpc) is 2.86. The minimum absolute atomic E-state index is 0.0869. The first-order chi connectivity index (χ1) is 17.9. The van der Waals surface area contributed by atoms with Crippen LogP contribution in [-0.4, -0.2) is 71.5 Å². The number of phenolic OH excluding ortho intramolecular Hbond substituents is 1. The summed E-state index contributed by atoms with van der Waals surface area (Å²) in [6, 6.07) is 14.8. The standard InChI is InChI=1S/C27H41N3O7Si/c1-38(2,3)16-15-36-27(35)37-26(34)30(29)23(18-19-7-5-4-6-8-19)25(33)14-13-24(32)22(28)17-20-9-11-21(31)12-10-20/h4-12,22-25,31-33H,13-18,28-29H2,1-3H3. The highest BCUT2D eigenvalue weighted by Crippen LogP contribution is 2.18. The van der Waals surface area contributed by atoms with E-state index in [0.29, 0.717) is 11.4 Å². The molecule has 0 heterocycles. The van der Waals surface area contributed by atoms with Crippen LogP contribution in [0.1, 0.15) is 24.0 Å². The number of aliphatic hydroxyl groups excluding tert-OH is 2. The van der Waals surface area contributed by atoms with Crippen LogP contribution in [0.25, 0.3) is 0 Å². The molecule has 0 aliphatic carbocycles. The molecule has 0 aromatic heterocycles. The van der Waals surface area contributed by atoms with Gasteiger partial charge in [0.2, 0.25) is 0 Å². The van der Waals surface area contributed by atoms with Gasteiger partial charge in [-0.15, -0.1) is 0 Å². The molecule has 0 spiro atoms. The first-order valence-corrected chi connectivity index (χ1v) is 16.4. The van der Waals surface area contributed by atoms with Crippen molar-refractivity contribution in [2.75, 3.05) is 6.61 Å². The molecule has 1 amide bonds. The van der Waals surface area contributed by atoms with Crippen molar-refractivity contribution in [1.82, 2.24) is 5.01 Å². The number of carbonyl (C=O) groups is 2. The zero-order valence-corrected chi connectivity index (χ0v) is 23.3. The fraction of sp³-hybridized carbons (Fsp3) is 0.481. The van der Waals surface area contributed by atoms with Crippen molar-refractivity contribution >= 4 is 20.3 Å². The Labute approximate surface area is 225 Å². The molecule has 0 aliphatic rings. The number of benzene rings is 2. The number of nitrogens with two attached hydrogens (primary N) is 2. The van der Waals surface area contributed by atoms with Crippen LogP contribution in [0.4, 0.5) is 9.59 Å². The first kappa shape index (κ1) is 31.3. The summed E-state index contributed by atoms with van der Waals surface area (Å²) in [4.78, 5) is 24.6. The molecule has 0 radical (unpaired) electrons. The van der Waals surface area contributed by atoms with Crippen LogP contribution in [0.3, 0.4) is 0 Å². The Balaban J connectivity index is 1.99. The highest BCUT2D eigenvalue weighted by molar-refractivity contribution is 6.76. The van der Waals surface area contributed by atoms with Crippen LogP contribution >= 0.6 is 0 Å². The van der Waals surface area contributed by atoms with Gasteiger partial charge in [-0.25, -0.2) is 20.4 Å². The molecule has 0 saturated carbocycles. The summed E-state index contributed by atoms with van der Waals surface area (Å²) < 4.78 is 9.76. The van der Waals surface area contributed by atoms with Crippen LogP contribution in [-0.2, 0) is 22.3 Å². The van der Waals surface area contributed by atoms with Gasteiger partial charge in [0.15, 0.2) is 0 Å². The fourth-order valence-corrected chi connectivity index (χ4v) is 4.51. The van der Waals surface area contributed by atoms with Crippen molar-refractivity contribution in [3.63, 3.8) is 0 Å². The Morgan fingerprint density at radius 2 is 1.50 bits per heavy atom. The van der Waals surface area contributed by atoms with Gasteiger partial charge in [0, 0.05) is 14.1 Å². The van der Waals surface area contributed by atoms with Gasteiger partial charge in [-0.2, -0.15) is 0 Å². The van der Waals surface area contributed by atoms with E-state index in [0.717, 1.165) is 17.2 Å². The van der Waals surface area contributed by atoms with E-state index in [4.69, 9.17) is 21.1 Å². The Bertz CT molecular complexity index is 1000. The van der Waals surface area contributed by atoms with Crippen molar-refractivity contribution in [3.8, 4) is 5.75 Å². The first-order valence-electron chi connectivity index (χ1n) is 12.7. The number of hydrogen-bond donors (Lipinski definition) is 5. The van der Waals surface area contributed by atoms with Crippen LogP contribution in [0, 0.1) is 0 Å². The SMILES string of the molecule is C[Si](C)(C)CCOC(=O)OC(=O)N(N)C(Cc1ccccc1)C(O)CCC(O)C(N)Cc1ccc(O)cc1. The maximum absolute atomic E-state index is 12.6. The van der Waals surface area contributed by atoms with Gasteiger partial charge < -0.3 is 30.5 Å². The number of rotatable bonds is 13. The maximum Gasteiger partial charge on any atom is 0.517 e. The van der Waals surface area contributed by atoms with Gasteiger partial charge in [0.25, 0.3) is 0 Å². The molecule has 0 saturated heterocycles. The lowest BCUT2D eigenvalue weighted by atomic mass is 9.93. The van der Waals surface area contributed by atoms with Gasteiger partial charge in [-0.3, -0.25) is 0 Å². The molecule has 38 heavy (non-hydrogen) atoms. The summed E-state index contributed by atoms with van der Waals surface area (Å²) >= 11 is 0. The van der Waals surface area contributed by atoms with Crippen LogP contribution in [0.2, 0.25) is 25.7 Å². The second kappa shape index (κ2) is 14.8. The smallest absolute Gasteiger partial charge is 0.508 e. The summed E-state index contributed by atoms with van der Waals surface area (Å²) in [6.45, 7) is 6.52. The molecule has 4 atom stereocenters. The Morgan fingerprint density at radius 1 is 0.921 bits per heavy atom. The lowest BCUT2D eigenvalue weighted by Crippen LogP contribution is -2.53. The second-order valence-corrected chi connectivity index (χ2v) is 16.3. The van der Waals surface area contributed by atoms with Crippen molar-refractivity contribution < 1.29 is 34.4 Å². The average molecular weight is 548 g/mol. The molecule has 10 nitrogen and oxygen atoms in total. The zero-order valence-electron chi connectivity index (χ0n) is 22.3. The number of aromatic hydroxyl groups is 1. The quantitative estimate of drug-likeness (QED) is 0.0631. The summed E-state index contributed by atoms with van der Waals surface area (Å²) in [7, 11) is -1.44. The molecule has 2 aromatic rings. The predicted molar refractivity (Wildman–Crippen MR) is 147 cm³/mol. The number of amides is 1. The van der Waals surface area contributed by atoms with Gasteiger partial charge in [-0.05, 0) is 55.0 Å². The lowest BCUT2D eigenvalue weighted by Gasteiger charge is -2.31. The van der Waals surface area contributed by atoms with Gasteiger partial charge in [-0.1, -0.05) is 62.1 Å². The van der Waals surface area contributed by atoms with E-state index in [1.165, 1.54) is 0 Å². The Kier molecular flexibility index (Phi) is 12.2.